The molecule has 0 fully saturated rings. The molecular weight excluding hydrogens is 540 g/mol. The quantitative estimate of drug-likeness (QED) is 0.251. The summed E-state index contributed by atoms with van der Waals surface area (Å²) in [7, 11) is 0. The number of nitrogens with one attached hydrogen (secondary N) is 2. The average Bonchev–Trinajstić information content (AvgIpc) is 2.46. The molecule has 24 heavy (non-hydrogen) atoms. The molecule has 11 heteroatoms. The zero-order chi connectivity index (χ0) is 18.0. The first kappa shape index (κ1) is 19.1. The van der Waals surface area contributed by atoms with Crippen molar-refractivity contribution < 1.29 is 24.4 Å². The predicted molar refractivity (Wildman–Crippen MR) is 86.5 cm³/mol. The van der Waals surface area contributed by atoms with E-state index in [1.807, 2.05) is 0 Å². The Hall–Kier alpha value is -1.21. The topological polar surface area (TPSA) is 156 Å². The number of rotatable bonds is 4. The molecule has 0 heterocycles. The number of amides is 2. The van der Waals surface area contributed by atoms with Crippen LogP contribution in [0, 0.1) is 0 Å². The van der Waals surface area contributed by atoms with E-state index in [4.69, 9.17) is 6.77 Å². The van der Waals surface area contributed by atoms with Crippen molar-refractivity contribution in [3.63, 3.8) is 0 Å². The zero-order valence-electron chi connectivity index (χ0n) is 12.0. The first-order valence-electron chi connectivity index (χ1n) is 6.46. The molecule has 2 aromatic carbocycles. The third-order valence-corrected chi connectivity index (χ3v) is 8.39. The van der Waals surface area contributed by atoms with Crippen molar-refractivity contribution in [2.75, 3.05) is 10.6 Å². The van der Waals surface area contributed by atoms with Crippen molar-refractivity contribution >= 4 is 63.7 Å². The number of carbonyl (C=O) groups excluding carboxylic acids is 1. The second-order valence-corrected chi connectivity index (χ2v) is 13.9. The van der Waals surface area contributed by atoms with Crippen LogP contribution in [0.2, 0.25) is 0 Å². The molecule has 0 saturated carbocycles. The summed E-state index contributed by atoms with van der Waals surface area (Å²) >= 11 is -10.6. The van der Waals surface area contributed by atoms with Crippen LogP contribution in [0.3, 0.4) is 0 Å². The molecule has 0 saturated heterocycles. The van der Waals surface area contributed by atoms with E-state index in [-0.39, 0.29) is 12.7 Å². The van der Waals surface area contributed by atoms with Gasteiger partial charge in [0.05, 0.1) is 0 Å². The van der Waals surface area contributed by atoms with Gasteiger partial charge < -0.3 is 0 Å². The summed E-state index contributed by atoms with van der Waals surface area (Å²) in [5, 5.41) is 4.87. The fourth-order valence-corrected chi connectivity index (χ4v) is 5.01. The van der Waals surface area contributed by atoms with Crippen LogP contribution in [-0.4, -0.2) is 58.8 Å². The number of hydrogen-bond donors (Lipinski definition) is 6. The van der Waals surface area contributed by atoms with E-state index in [2.05, 4.69) is 10.6 Å². The van der Waals surface area contributed by atoms with Gasteiger partial charge in [0.25, 0.3) is 0 Å². The molecule has 2 aromatic rings. The number of benzene rings is 2. The molecule has 0 aromatic heterocycles. The molecule has 0 aliphatic heterocycles. The molecule has 2 rings (SSSR count). The number of urea groups is 1. The molecule has 128 valence electrons. The first-order chi connectivity index (χ1) is 11.1. The van der Waals surface area contributed by atoms with Gasteiger partial charge in [0.15, 0.2) is 0 Å². The molecule has 0 radical (unpaired) electrons. The van der Waals surface area contributed by atoms with Gasteiger partial charge in [0, 0.05) is 0 Å². The summed E-state index contributed by atoms with van der Waals surface area (Å²) in [6.45, 7) is 0. The second-order valence-electron chi connectivity index (χ2n) is 4.76. The summed E-state index contributed by atoms with van der Waals surface area (Å²) in [6.07, 6.45) is 0. The van der Waals surface area contributed by atoms with Gasteiger partial charge in [-0.05, 0) is 0 Å². The summed E-state index contributed by atoms with van der Waals surface area (Å²) in [4.78, 5) is 11.9. The van der Waals surface area contributed by atoms with Crippen LogP contribution < -0.4 is 17.7 Å². The maximum absolute atomic E-state index is 11.9. The normalized spacial score (nSPS) is 11.8. The Morgan fingerprint density at radius 1 is 0.750 bits per heavy atom. The van der Waals surface area contributed by atoms with Crippen LogP contribution in [-0.2, 0) is 6.03 Å². The Morgan fingerprint density at radius 3 is 1.83 bits per heavy atom. The average molecular weight is 554 g/mol. The number of carbonyl (C=O) groups is 1. The molecule has 6 N–H and O–H groups in total. The SMILES string of the molecule is O=C(Nc1cc[c]([Sb](=[O])([OH])[OH])cc1)Nc1ccc[c]([Sb](=[O])([OH])[OH])c1. The fraction of sp³-hybridized carbons (Fsp3) is 0. The standard InChI is InChI=1S/C13H10N2O.4H2O.2O.2Sb/c16-13(14-11-7-3-1-4-8-11)15-12-9-5-2-6-10-12;;;;;;;;/h1,3,5-10H,(H2,14,15,16);4*1H2;;;;/q;;;;;;;2*+2/p-4. The van der Waals surface area contributed by atoms with Crippen molar-refractivity contribution in [1.29, 1.82) is 0 Å². The summed E-state index contributed by atoms with van der Waals surface area (Å²) < 4.78 is 58.7. The molecular formula is C13H14N2O7Sb2. The molecule has 0 unspecified atom stereocenters. The van der Waals surface area contributed by atoms with E-state index in [1.165, 1.54) is 48.5 Å². The fourth-order valence-electron chi connectivity index (χ4n) is 1.80. The molecule has 9 nitrogen and oxygen atoms in total. The van der Waals surface area contributed by atoms with E-state index >= 15 is 0 Å². The van der Waals surface area contributed by atoms with E-state index in [1.54, 1.807) is 0 Å². The van der Waals surface area contributed by atoms with Crippen molar-refractivity contribution in [3.05, 3.63) is 48.5 Å². The monoisotopic (exact) mass is 552 g/mol. The van der Waals surface area contributed by atoms with Crippen LogP contribution in [0.1, 0.15) is 0 Å². The Kier molecular flexibility index (Phi) is 5.85. The van der Waals surface area contributed by atoms with Gasteiger partial charge in [-0.2, -0.15) is 0 Å². The summed E-state index contributed by atoms with van der Waals surface area (Å²) in [5.74, 6) is 0. The van der Waals surface area contributed by atoms with Crippen LogP contribution >= 0.6 is 0 Å². The number of anilines is 2. The molecule has 0 aliphatic carbocycles. The Balaban J connectivity index is 2.06. The molecule has 0 bridgehead atoms. The third kappa shape index (κ3) is 5.41. The van der Waals surface area contributed by atoms with Crippen molar-refractivity contribution in [3.8, 4) is 0 Å². The zero-order valence-corrected chi connectivity index (χ0v) is 17.1. The minimum absolute atomic E-state index is 0.0861. The maximum atomic E-state index is 11.9. The van der Waals surface area contributed by atoms with E-state index < -0.39 is 45.3 Å². The van der Waals surface area contributed by atoms with Gasteiger partial charge in [0.2, 0.25) is 0 Å². The Bertz CT molecular complexity index is 842. The van der Waals surface area contributed by atoms with E-state index in [0.717, 1.165) is 0 Å². The second kappa shape index (κ2) is 7.35. The first-order valence-corrected chi connectivity index (χ1v) is 15.7. The molecule has 0 spiro atoms. The Labute approximate surface area is 146 Å². The van der Waals surface area contributed by atoms with Gasteiger partial charge in [-0.25, -0.2) is 0 Å². The minimum atomic E-state index is -5.34. The van der Waals surface area contributed by atoms with Crippen LogP contribution in [0.15, 0.2) is 48.5 Å². The van der Waals surface area contributed by atoms with Crippen molar-refractivity contribution in [2.45, 2.75) is 0 Å². The van der Waals surface area contributed by atoms with Gasteiger partial charge >= 0.3 is 147 Å². The molecule has 0 aliphatic rings. The van der Waals surface area contributed by atoms with Gasteiger partial charge in [-0.15, -0.1) is 0 Å². The summed E-state index contributed by atoms with van der Waals surface area (Å²) in [5.41, 5.74) is 0.515. The Morgan fingerprint density at radius 2 is 1.29 bits per heavy atom. The van der Waals surface area contributed by atoms with Crippen molar-refractivity contribution in [1.82, 2.24) is 0 Å². The third-order valence-electron chi connectivity index (χ3n) is 2.90. The molecule has 0 atom stereocenters. The van der Waals surface area contributed by atoms with Crippen LogP contribution in [0.5, 0.6) is 0 Å². The van der Waals surface area contributed by atoms with Crippen LogP contribution in [0.4, 0.5) is 16.2 Å². The van der Waals surface area contributed by atoms with E-state index in [0.29, 0.717) is 5.69 Å². The summed E-state index contributed by atoms with van der Waals surface area (Å²) in [6, 6.07) is 9.85. The predicted octanol–water partition coefficient (Wildman–Crippen LogP) is -1.55. The molecule has 2 amide bonds. The van der Waals surface area contributed by atoms with Crippen molar-refractivity contribution in [2.24, 2.45) is 0 Å². The van der Waals surface area contributed by atoms with Gasteiger partial charge in [-0.1, -0.05) is 0 Å². The van der Waals surface area contributed by atoms with Gasteiger partial charge in [0.1, 0.15) is 0 Å². The van der Waals surface area contributed by atoms with E-state index in [9.17, 15) is 17.6 Å². The van der Waals surface area contributed by atoms with Crippen LogP contribution in [0.25, 0.3) is 0 Å². The number of hydrogen-bond acceptors (Lipinski definition) is 3. The van der Waals surface area contributed by atoms with Gasteiger partial charge in [-0.3, -0.25) is 0 Å².